The number of anilines is 1. The number of ether oxygens (including phenoxy) is 2. The number of hydrogen-bond acceptors (Lipinski definition) is 7. The van der Waals surface area contributed by atoms with Crippen molar-refractivity contribution in [2.45, 2.75) is 44.7 Å². The summed E-state index contributed by atoms with van der Waals surface area (Å²) >= 11 is 6.93. The maximum absolute atomic E-state index is 6.93. The molecule has 3 aliphatic rings. The number of halogens is 1. The maximum Gasteiger partial charge on any atom is 0.170 e. The third-order valence-electron chi connectivity index (χ3n) is 5.44. The first kappa shape index (κ1) is 19.8. The van der Waals surface area contributed by atoms with Gasteiger partial charge in [-0.1, -0.05) is 17.7 Å². The fourth-order valence-electron chi connectivity index (χ4n) is 4.05. The topological polar surface area (TPSA) is 78.6 Å². The van der Waals surface area contributed by atoms with Crippen molar-refractivity contribution in [3.8, 4) is 11.5 Å². The van der Waals surface area contributed by atoms with Crippen molar-refractivity contribution in [1.82, 2.24) is 21.3 Å². The molecule has 0 saturated carbocycles. The van der Waals surface area contributed by atoms with E-state index in [4.69, 9.17) is 21.1 Å². The summed E-state index contributed by atoms with van der Waals surface area (Å²) in [5, 5.41) is 17.9. The standard InChI is InChI=1S/C20H30ClN5O2/c1-12-10-16(22-2)26-20(24-12)25-14-11-15-19(28-9-8-27-15)17(18(14)21)13-4-3-6-23-7-5-13/h5,11-12,16,20,22-26H,3-4,6-10H2,1-2H3. The number of rotatable bonds is 4. The first-order valence-electron chi connectivity index (χ1n) is 10.1. The highest BCUT2D eigenvalue weighted by Gasteiger charge is 2.28. The van der Waals surface area contributed by atoms with Gasteiger partial charge in [-0.25, -0.2) is 0 Å². The molecule has 3 atom stereocenters. The molecule has 5 N–H and O–H groups in total. The van der Waals surface area contributed by atoms with Crippen LogP contribution >= 0.6 is 11.6 Å². The molecule has 1 aromatic rings. The van der Waals surface area contributed by atoms with E-state index in [-0.39, 0.29) is 12.5 Å². The van der Waals surface area contributed by atoms with Gasteiger partial charge in [0, 0.05) is 24.2 Å². The lowest BCUT2D eigenvalue weighted by Crippen LogP contribution is -2.63. The molecule has 0 spiro atoms. The van der Waals surface area contributed by atoms with Crippen LogP contribution in [0.5, 0.6) is 11.5 Å². The van der Waals surface area contributed by atoms with Crippen LogP contribution in [-0.4, -0.2) is 51.8 Å². The lowest BCUT2D eigenvalue weighted by Gasteiger charge is -2.37. The Morgan fingerprint density at radius 3 is 2.93 bits per heavy atom. The van der Waals surface area contributed by atoms with Gasteiger partial charge in [0.15, 0.2) is 11.5 Å². The molecule has 28 heavy (non-hydrogen) atoms. The van der Waals surface area contributed by atoms with Crippen LogP contribution in [0.4, 0.5) is 5.69 Å². The van der Waals surface area contributed by atoms with Crippen molar-refractivity contribution in [3.63, 3.8) is 0 Å². The zero-order valence-corrected chi connectivity index (χ0v) is 17.3. The lowest BCUT2D eigenvalue weighted by atomic mass is 9.98. The molecule has 0 radical (unpaired) electrons. The third-order valence-corrected chi connectivity index (χ3v) is 5.83. The summed E-state index contributed by atoms with van der Waals surface area (Å²) in [7, 11) is 1.97. The van der Waals surface area contributed by atoms with E-state index in [0.717, 1.165) is 55.1 Å². The molecular formula is C20H30ClN5O2. The summed E-state index contributed by atoms with van der Waals surface area (Å²) < 4.78 is 11.9. The molecule has 0 aromatic heterocycles. The number of benzene rings is 1. The van der Waals surface area contributed by atoms with Gasteiger partial charge in [-0.05, 0) is 45.4 Å². The Kier molecular flexibility index (Phi) is 6.28. The Morgan fingerprint density at radius 1 is 1.21 bits per heavy atom. The molecular weight excluding hydrogens is 378 g/mol. The number of fused-ring (bicyclic) bond motifs is 1. The van der Waals surface area contributed by atoms with E-state index in [0.29, 0.717) is 24.3 Å². The molecule has 4 rings (SSSR count). The second-order valence-electron chi connectivity index (χ2n) is 7.56. The van der Waals surface area contributed by atoms with Crippen molar-refractivity contribution in [2.24, 2.45) is 0 Å². The van der Waals surface area contributed by atoms with Crippen LogP contribution in [0.3, 0.4) is 0 Å². The number of allylic oxidation sites excluding steroid dienone is 1. The van der Waals surface area contributed by atoms with Gasteiger partial charge in [0.05, 0.1) is 16.9 Å². The molecule has 1 aromatic carbocycles. The van der Waals surface area contributed by atoms with Crippen LogP contribution in [0.2, 0.25) is 5.02 Å². The Labute approximate surface area is 171 Å². The highest BCUT2D eigenvalue weighted by molar-refractivity contribution is 6.35. The van der Waals surface area contributed by atoms with Gasteiger partial charge in [0.2, 0.25) is 0 Å². The first-order chi connectivity index (χ1) is 13.7. The smallest absolute Gasteiger partial charge is 0.170 e. The van der Waals surface area contributed by atoms with Gasteiger partial charge in [0.1, 0.15) is 19.5 Å². The summed E-state index contributed by atoms with van der Waals surface area (Å²) in [6.45, 7) is 5.12. The predicted molar refractivity (Wildman–Crippen MR) is 113 cm³/mol. The second kappa shape index (κ2) is 8.88. The fraction of sp³-hybridized carbons (Fsp3) is 0.600. The molecule has 1 saturated heterocycles. The minimum atomic E-state index is -0.0983. The van der Waals surface area contributed by atoms with Crippen LogP contribution in [-0.2, 0) is 0 Å². The maximum atomic E-state index is 6.93. The summed E-state index contributed by atoms with van der Waals surface area (Å²) in [6.07, 6.45) is 5.40. The van der Waals surface area contributed by atoms with Gasteiger partial charge >= 0.3 is 0 Å². The summed E-state index contributed by atoms with van der Waals surface area (Å²) in [4.78, 5) is 0. The summed E-state index contributed by atoms with van der Waals surface area (Å²) in [5.74, 6) is 1.52. The van der Waals surface area contributed by atoms with Crippen molar-refractivity contribution in [3.05, 3.63) is 22.7 Å². The molecule has 0 aliphatic carbocycles. The van der Waals surface area contributed by atoms with Crippen molar-refractivity contribution in [2.75, 3.05) is 38.7 Å². The molecule has 0 bridgehead atoms. The largest absolute Gasteiger partial charge is 0.486 e. The van der Waals surface area contributed by atoms with Crippen LogP contribution in [0.25, 0.3) is 5.57 Å². The molecule has 3 unspecified atom stereocenters. The molecule has 8 heteroatoms. The van der Waals surface area contributed by atoms with Crippen molar-refractivity contribution < 1.29 is 9.47 Å². The van der Waals surface area contributed by atoms with Crippen LogP contribution in [0.15, 0.2) is 12.1 Å². The highest BCUT2D eigenvalue weighted by atomic mass is 35.5. The Balaban J connectivity index is 1.68. The Bertz CT molecular complexity index is 742. The summed E-state index contributed by atoms with van der Waals surface area (Å²) in [6, 6.07) is 2.33. The zero-order chi connectivity index (χ0) is 19.5. The number of nitrogens with one attached hydrogen (secondary N) is 5. The summed E-state index contributed by atoms with van der Waals surface area (Å²) in [5.41, 5.74) is 3.01. The zero-order valence-electron chi connectivity index (χ0n) is 16.5. The van der Waals surface area contributed by atoms with Gasteiger partial charge < -0.3 is 25.4 Å². The lowest BCUT2D eigenvalue weighted by molar-refractivity contribution is 0.171. The van der Waals surface area contributed by atoms with Crippen LogP contribution < -0.4 is 36.1 Å². The molecule has 3 aliphatic heterocycles. The molecule has 3 heterocycles. The predicted octanol–water partition coefficient (Wildman–Crippen LogP) is 2.09. The third kappa shape index (κ3) is 4.23. The molecule has 0 amide bonds. The highest BCUT2D eigenvalue weighted by Crippen LogP contribution is 2.47. The van der Waals surface area contributed by atoms with Gasteiger partial charge in [-0.2, -0.15) is 0 Å². The van der Waals surface area contributed by atoms with Crippen molar-refractivity contribution in [1.29, 1.82) is 0 Å². The second-order valence-corrected chi connectivity index (χ2v) is 7.94. The van der Waals surface area contributed by atoms with Crippen LogP contribution in [0, 0.1) is 0 Å². The minimum absolute atomic E-state index is 0.0983. The molecule has 154 valence electrons. The van der Waals surface area contributed by atoms with E-state index in [2.05, 4.69) is 39.6 Å². The monoisotopic (exact) mass is 407 g/mol. The van der Waals surface area contributed by atoms with E-state index >= 15 is 0 Å². The SMILES string of the molecule is CNC1CC(C)NC(Nc2cc3c(c(C4=CCNCCC4)c2Cl)OCCO3)N1. The Morgan fingerprint density at radius 2 is 2.07 bits per heavy atom. The first-order valence-corrected chi connectivity index (χ1v) is 10.5. The van der Waals surface area contributed by atoms with E-state index < -0.39 is 0 Å². The average Bonchev–Trinajstić information content (AvgIpc) is 2.97. The van der Waals surface area contributed by atoms with E-state index in [1.54, 1.807) is 0 Å². The van der Waals surface area contributed by atoms with Crippen molar-refractivity contribution >= 4 is 22.9 Å². The average molecular weight is 408 g/mol. The van der Waals surface area contributed by atoms with Crippen LogP contribution in [0.1, 0.15) is 31.7 Å². The van der Waals surface area contributed by atoms with E-state index in [9.17, 15) is 0 Å². The fourth-order valence-corrected chi connectivity index (χ4v) is 4.37. The molecule has 7 nitrogen and oxygen atoms in total. The van der Waals surface area contributed by atoms with Gasteiger partial charge in [-0.15, -0.1) is 0 Å². The number of hydrogen-bond donors (Lipinski definition) is 5. The van der Waals surface area contributed by atoms with E-state index in [1.165, 1.54) is 5.57 Å². The van der Waals surface area contributed by atoms with Gasteiger partial charge in [0.25, 0.3) is 0 Å². The quantitative estimate of drug-likeness (QED) is 0.523. The van der Waals surface area contributed by atoms with E-state index in [1.807, 2.05) is 13.1 Å². The van der Waals surface area contributed by atoms with Gasteiger partial charge in [-0.3, -0.25) is 10.6 Å². The minimum Gasteiger partial charge on any atom is -0.486 e. The molecule has 1 fully saturated rings. The Hall–Kier alpha value is -1.51. The normalized spacial score (nSPS) is 27.7.